The van der Waals surface area contributed by atoms with E-state index in [2.05, 4.69) is 16.3 Å². The molecule has 4 atom stereocenters. The number of para-hydroxylation sites is 1. The van der Waals surface area contributed by atoms with E-state index < -0.39 is 32.7 Å². The molecule has 0 spiro atoms. The number of amides is 2. The van der Waals surface area contributed by atoms with Crippen LogP contribution in [0.2, 0.25) is 0 Å². The molecule has 1 aliphatic rings. The molecule has 0 saturated carbocycles. The van der Waals surface area contributed by atoms with Crippen LogP contribution in [0.3, 0.4) is 0 Å². The number of carbonyl (C=O) groups is 3. The first-order valence-corrected chi connectivity index (χ1v) is 11.9. The average molecular weight is 491 g/mol. The standard InChI is InChI=1S/C23H30N3O7P/c1-5-18-13-20(32-23(18)26(16-27)12-11-21(28)24-4)15-30-34(25-14-22(29)31-17(2)3)33-19-9-7-6-8-10-19/h1,6-12,16-18,20,23,25H,13-15H2,2-4H3,(H,24,28)/b12-11-. The number of nitrogens with zero attached hydrogens (tertiary/aromatic N) is 1. The summed E-state index contributed by atoms with van der Waals surface area (Å²) < 4.78 is 22.8. The van der Waals surface area contributed by atoms with Gasteiger partial charge in [0.2, 0.25) is 12.3 Å². The fourth-order valence-corrected chi connectivity index (χ4v) is 4.05. The molecule has 2 amide bonds. The van der Waals surface area contributed by atoms with E-state index in [1.807, 2.05) is 18.2 Å². The Labute approximate surface area is 200 Å². The number of hydrogen-bond donors (Lipinski definition) is 2. The van der Waals surface area contributed by atoms with Gasteiger partial charge in [0.05, 0.1) is 24.7 Å². The van der Waals surface area contributed by atoms with Gasteiger partial charge >= 0.3 is 14.5 Å². The van der Waals surface area contributed by atoms with Crippen molar-refractivity contribution in [2.75, 3.05) is 20.2 Å². The van der Waals surface area contributed by atoms with Gasteiger partial charge in [0.1, 0.15) is 18.5 Å². The van der Waals surface area contributed by atoms with Crippen molar-refractivity contribution in [3.63, 3.8) is 0 Å². The van der Waals surface area contributed by atoms with Crippen LogP contribution in [0.25, 0.3) is 0 Å². The molecule has 0 bridgehead atoms. The number of benzene rings is 1. The average Bonchev–Trinajstić information content (AvgIpc) is 3.24. The summed E-state index contributed by atoms with van der Waals surface area (Å²) in [7, 11) is -0.232. The summed E-state index contributed by atoms with van der Waals surface area (Å²) in [4.78, 5) is 36.2. The third-order valence-corrected chi connectivity index (χ3v) is 5.67. The molecular weight excluding hydrogens is 461 g/mol. The second-order valence-corrected chi connectivity index (χ2v) is 8.74. The molecule has 1 aromatic carbocycles. The Bertz CT molecular complexity index is 875. The van der Waals surface area contributed by atoms with Gasteiger partial charge in [0.15, 0.2) is 0 Å². The first-order valence-electron chi connectivity index (χ1n) is 10.7. The first-order chi connectivity index (χ1) is 16.4. The summed E-state index contributed by atoms with van der Waals surface area (Å²) >= 11 is 0. The van der Waals surface area contributed by atoms with Crippen LogP contribution in [0.15, 0.2) is 42.6 Å². The largest absolute Gasteiger partial charge is 0.462 e. The molecule has 34 heavy (non-hydrogen) atoms. The van der Waals surface area contributed by atoms with Crippen molar-refractivity contribution in [3.8, 4) is 18.1 Å². The Balaban J connectivity index is 2.00. The molecule has 1 aliphatic heterocycles. The van der Waals surface area contributed by atoms with Crippen LogP contribution in [0, 0.1) is 18.3 Å². The summed E-state index contributed by atoms with van der Waals surface area (Å²) in [5.41, 5.74) is 0. The quantitative estimate of drug-likeness (QED) is 0.141. The molecule has 11 heteroatoms. The molecule has 2 N–H and O–H groups in total. The predicted octanol–water partition coefficient (Wildman–Crippen LogP) is 1.93. The molecule has 0 aromatic heterocycles. The molecule has 0 aliphatic carbocycles. The fourth-order valence-electron chi connectivity index (χ4n) is 2.97. The molecule has 1 fully saturated rings. The van der Waals surface area contributed by atoms with Crippen LogP contribution in [0.5, 0.6) is 5.75 Å². The number of carbonyl (C=O) groups excluding carboxylic acids is 3. The lowest BCUT2D eigenvalue weighted by atomic mass is 10.0. The SMILES string of the molecule is C#CC1CC(COP(NCC(=O)OC(C)C)Oc2ccccc2)OC1N(C=O)/C=C\C(=O)NC. The van der Waals surface area contributed by atoms with Gasteiger partial charge in [-0.25, -0.2) is 5.09 Å². The van der Waals surface area contributed by atoms with Gasteiger partial charge in [-0.3, -0.25) is 19.3 Å². The maximum Gasteiger partial charge on any atom is 0.320 e. The fraction of sp³-hybridized carbons (Fsp3) is 0.435. The summed E-state index contributed by atoms with van der Waals surface area (Å²) in [6.07, 6.45) is 7.73. The van der Waals surface area contributed by atoms with Crippen molar-refractivity contribution in [1.29, 1.82) is 0 Å². The van der Waals surface area contributed by atoms with E-state index in [0.717, 1.165) is 0 Å². The number of esters is 1. The van der Waals surface area contributed by atoms with E-state index in [0.29, 0.717) is 18.6 Å². The van der Waals surface area contributed by atoms with Crippen molar-refractivity contribution in [2.45, 2.75) is 38.7 Å². The smallest absolute Gasteiger partial charge is 0.320 e. The third kappa shape index (κ3) is 9.12. The summed E-state index contributed by atoms with van der Waals surface area (Å²) in [5, 5.41) is 5.37. The zero-order valence-electron chi connectivity index (χ0n) is 19.4. The Hall–Kier alpha value is -2.96. The topological polar surface area (TPSA) is 115 Å². The summed E-state index contributed by atoms with van der Waals surface area (Å²) in [6, 6.07) is 9.03. The van der Waals surface area contributed by atoms with Crippen molar-refractivity contribution < 1.29 is 32.9 Å². The molecule has 4 unspecified atom stereocenters. The van der Waals surface area contributed by atoms with Gasteiger partial charge in [-0.05, 0) is 32.4 Å². The first kappa shape index (κ1) is 27.3. The molecule has 2 rings (SSSR count). The van der Waals surface area contributed by atoms with Gasteiger partial charge in [-0.1, -0.05) is 24.1 Å². The number of nitrogens with one attached hydrogen (secondary N) is 2. The highest BCUT2D eigenvalue weighted by atomic mass is 31.2. The number of hydrogen-bond acceptors (Lipinski definition) is 8. The Morgan fingerprint density at radius 3 is 2.71 bits per heavy atom. The van der Waals surface area contributed by atoms with E-state index in [9.17, 15) is 14.4 Å². The minimum atomic E-state index is -1.71. The monoisotopic (exact) mass is 491 g/mol. The second kappa shape index (κ2) is 14.3. The lowest BCUT2D eigenvalue weighted by molar-refractivity contribution is -0.145. The summed E-state index contributed by atoms with van der Waals surface area (Å²) in [5.74, 6) is 1.99. The lowest BCUT2D eigenvalue weighted by Gasteiger charge is -2.24. The molecule has 10 nitrogen and oxygen atoms in total. The van der Waals surface area contributed by atoms with Gasteiger partial charge < -0.3 is 23.8 Å². The number of ether oxygens (including phenoxy) is 2. The van der Waals surface area contributed by atoms with Crippen molar-refractivity contribution >= 4 is 26.8 Å². The van der Waals surface area contributed by atoms with Crippen molar-refractivity contribution in [2.24, 2.45) is 5.92 Å². The van der Waals surface area contributed by atoms with E-state index in [4.69, 9.17) is 24.9 Å². The van der Waals surface area contributed by atoms with Crippen LogP contribution in [-0.4, -0.2) is 61.8 Å². The van der Waals surface area contributed by atoms with Crippen molar-refractivity contribution in [1.82, 2.24) is 15.3 Å². The maximum atomic E-state index is 11.9. The zero-order chi connectivity index (χ0) is 24.9. The molecule has 1 saturated heterocycles. The number of terminal acetylenes is 1. The summed E-state index contributed by atoms with van der Waals surface area (Å²) in [6.45, 7) is 3.53. The lowest BCUT2D eigenvalue weighted by Crippen LogP contribution is -2.35. The number of likely N-dealkylation sites (N-methyl/N-ethyl adjacent to an activating group) is 1. The van der Waals surface area contributed by atoms with E-state index >= 15 is 0 Å². The van der Waals surface area contributed by atoms with E-state index in [1.165, 1.54) is 24.2 Å². The minimum absolute atomic E-state index is 0.0962. The van der Waals surface area contributed by atoms with Crippen LogP contribution in [0.4, 0.5) is 0 Å². The van der Waals surface area contributed by atoms with Crippen LogP contribution >= 0.6 is 8.53 Å². The Morgan fingerprint density at radius 2 is 2.09 bits per heavy atom. The highest BCUT2D eigenvalue weighted by molar-refractivity contribution is 7.45. The van der Waals surface area contributed by atoms with E-state index in [1.54, 1.807) is 26.0 Å². The highest BCUT2D eigenvalue weighted by Gasteiger charge is 2.38. The van der Waals surface area contributed by atoms with Crippen LogP contribution < -0.4 is 14.9 Å². The normalized spacial score (nSPS) is 20.5. The number of rotatable bonds is 13. The molecule has 1 aromatic rings. The van der Waals surface area contributed by atoms with E-state index in [-0.39, 0.29) is 25.2 Å². The molecule has 0 radical (unpaired) electrons. The Morgan fingerprint density at radius 1 is 1.35 bits per heavy atom. The van der Waals surface area contributed by atoms with Crippen LogP contribution in [0.1, 0.15) is 20.3 Å². The molecular formula is C23H30N3O7P. The van der Waals surface area contributed by atoms with Gasteiger partial charge in [-0.15, -0.1) is 6.42 Å². The Kier molecular flexibility index (Phi) is 11.5. The minimum Gasteiger partial charge on any atom is -0.462 e. The molecule has 1 heterocycles. The zero-order valence-corrected chi connectivity index (χ0v) is 20.3. The van der Waals surface area contributed by atoms with Crippen molar-refractivity contribution in [3.05, 3.63) is 42.6 Å². The van der Waals surface area contributed by atoms with Gasteiger partial charge in [0.25, 0.3) is 0 Å². The second-order valence-electron chi connectivity index (χ2n) is 7.47. The molecule has 184 valence electrons. The predicted molar refractivity (Wildman–Crippen MR) is 126 cm³/mol. The van der Waals surface area contributed by atoms with Gasteiger partial charge in [0, 0.05) is 19.3 Å². The highest BCUT2D eigenvalue weighted by Crippen LogP contribution is 2.37. The van der Waals surface area contributed by atoms with Crippen LogP contribution in [-0.2, 0) is 28.4 Å². The maximum absolute atomic E-state index is 11.9. The third-order valence-electron chi connectivity index (χ3n) is 4.50. The van der Waals surface area contributed by atoms with Gasteiger partial charge in [-0.2, -0.15) is 0 Å².